The van der Waals surface area contributed by atoms with Crippen LogP contribution < -0.4 is 5.73 Å². The van der Waals surface area contributed by atoms with E-state index < -0.39 is 0 Å². The van der Waals surface area contributed by atoms with Crippen molar-refractivity contribution in [2.45, 2.75) is 46.6 Å². The van der Waals surface area contributed by atoms with Crippen LogP contribution in [0.5, 0.6) is 0 Å². The van der Waals surface area contributed by atoms with Crippen LogP contribution in [0.4, 0.5) is 0 Å². The van der Waals surface area contributed by atoms with Crippen molar-refractivity contribution in [3.8, 4) is 0 Å². The highest BCUT2D eigenvalue weighted by atomic mass is 15.2. The van der Waals surface area contributed by atoms with Crippen LogP contribution in [-0.4, -0.2) is 30.6 Å². The second kappa shape index (κ2) is 4.63. The molecule has 2 heteroatoms. The maximum atomic E-state index is 5.66. The third-order valence-corrected chi connectivity index (χ3v) is 3.73. The van der Waals surface area contributed by atoms with Crippen LogP contribution in [0.15, 0.2) is 0 Å². The van der Waals surface area contributed by atoms with Gasteiger partial charge in [-0.2, -0.15) is 0 Å². The molecule has 1 aliphatic rings. The molecule has 1 saturated heterocycles. The van der Waals surface area contributed by atoms with Crippen molar-refractivity contribution in [3.05, 3.63) is 0 Å². The zero-order valence-corrected chi connectivity index (χ0v) is 10.2. The summed E-state index contributed by atoms with van der Waals surface area (Å²) in [5.74, 6) is 0.822. The molecule has 14 heavy (non-hydrogen) atoms. The van der Waals surface area contributed by atoms with Crippen LogP contribution >= 0.6 is 0 Å². The Bertz CT molecular complexity index is 175. The molecule has 1 rings (SSSR count). The number of hydrogen-bond acceptors (Lipinski definition) is 2. The molecule has 1 heterocycles. The van der Waals surface area contributed by atoms with E-state index in [9.17, 15) is 0 Å². The lowest BCUT2D eigenvalue weighted by Gasteiger charge is -2.46. The Labute approximate surface area is 88.8 Å². The summed E-state index contributed by atoms with van der Waals surface area (Å²) in [5, 5.41) is 0. The van der Waals surface area contributed by atoms with E-state index >= 15 is 0 Å². The van der Waals surface area contributed by atoms with Gasteiger partial charge in [-0.05, 0) is 51.1 Å². The van der Waals surface area contributed by atoms with E-state index in [0.29, 0.717) is 11.5 Å². The summed E-state index contributed by atoms with van der Waals surface area (Å²) in [7, 11) is 0. The molecule has 0 aromatic heterocycles. The lowest BCUT2D eigenvalue weighted by molar-refractivity contribution is 0.0339. The lowest BCUT2D eigenvalue weighted by Crippen LogP contribution is -2.48. The maximum absolute atomic E-state index is 5.66. The van der Waals surface area contributed by atoms with Gasteiger partial charge in [0.1, 0.15) is 0 Å². The minimum atomic E-state index is 0.446. The van der Waals surface area contributed by atoms with Crippen LogP contribution in [-0.2, 0) is 0 Å². The third kappa shape index (κ3) is 2.71. The van der Waals surface area contributed by atoms with Crippen LogP contribution in [0.2, 0.25) is 0 Å². The first-order valence-corrected chi connectivity index (χ1v) is 5.91. The van der Waals surface area contributed by atoms with Gasteiger partial charge in [0.25, 0.3) is 0 Å². The minimum absolute atomic E-state index is 0.446. The number of nitrogens with zero attached hydrogens (tertiary/aromatic N) is 1. The summed E-state index contributed by atoms with van der Waals surface area (Å²) < 4.78 is 0. The van der Waals surface area contributed by atoms with Crippen molar-refractivity contribution < 1.29 is 0 Å². The Morgan fingerprint density at radius 2 is 2.07 bits per heavy atom. The van der Waals surface area contributed by atoms with Gasteiger partial charge in [0.15, 0.2) is 0 Å². The van der Waals surface area contributed by atoms with Gasteiger partial charge in [0.05, 0.1) is 0 Å². The van der Waals surface area contributed by atoms with Crippen molar-refractivity contribution in [2.75, 3.05) is 19.6 Å². The molecule has 0 aromatic carbocycles. The van der Waals surface area contributed by atoms with Gasteiger partial charge < -0.3 is 10.6 Å². The quantitative estimate of drug-likeness (QED) is 0.752. The summed E-state index contributed by atoms with van der Waals surface area (Å²) in [6.45, 7) is 12.7. The third-order valence-electron chi connectivity index (χ3n) is 3.73. The van der Waals surface area contributed by atoms with Crippen LogP contribution in [0.1, 0.15) is 40.5 Å². The van der Waals surface area contributed by atoms with Crippen LogP contribution in [0.3, 0.4) is 0 Å². The average Bonchev–Trinajstić information content (AvgIpc) is 2.08. The Kier molecular flexibility index (Phi) is 3.96. The lowest BCUT2D eigenvalue weighted by atomic mass is 9.72. The van der Waals surface area contributed by atoms with Gasteiger partial charge in [0.2, 0.25) is 0 Å². The number of piperidine rings is 1. The smallest absolute Gasteiger partial charge is 0.00388 e. The number of likely N-dealkylation sites (tertiary alicyclic amines) is 1. The van der Waals surface area contributed by atoms with Gasteiger partial charge in [-0.15, -0.1) is 0 Å². The second-order valence-electron chi connectivity index (χ2n) is 5.62. The molecule has 0 aromatic rings. The fraction of sp³-hybridized carbons (Fsp3) is 1.00. The molecule has 1 unspecified atom stereocenters. The van der Waals surface area contributed by atoms with Crippen molar-refractivity contribution in [1.29, 1.82) is 0 Å². The van der Waals surface area contributed by atoms with E-state index in [2.05, 4.69) is 32.6 Å². The highest BCUT2D eigenvalue weighted by molar-refractivity contribution is 4.88. The largest absolute Gasteiger partial charge is 0.330 e. The van der Waals surface area contributed by atoms with Gasteiger partial charge >= 0.3 is 0 Å². The van der Waals surface area contributed by atoms with Gasteiger partial charge in [-0.1, -0.05) is 13.8 Å². The molecule has 0 amide bonds. The van der Waals surface area contributed by atoms with Gasteiger partial charge in [-0.25, -0.2) is 0 Å². The predicted octanol–water partition coefficient (Wildman–Crippen LogP) is 2.09. The van der Waals surface area contributed by atoms with E-state index in [4.69, 9.17) is 5.73 Å². The average molecular weight is 198 g/mol. The second-order valence-corrected chi connectivity index (χ2v) is 5.62. The summed E-state index contributed by atoms with van der Waals surface area (Å²) in [6.07, 6.45) is 2.52. The molecule has 1 aliphatic heterocycles. The Morgan fingerprint density at radius 1 is 1.43 bits per heavy atom. The number of nitrogens with two attached hydrogens (primary N) is 1. The fourth-order valence-corrected chi connectivity index (χ4v) is 2.62. The van der Waals surface area contributed by atoms with Crippen molar-refractivity contribution in [3.63, 3.8) is 0 Å². The minimum Gasteiger partial charge on any atom is -0.330 e. The van der Waals surface area contributed by atoms with E-state index in [1.165, 1.54) is 25.9 Å². The highest BCUT2D eigenvalue weighted by Gasteiger charge is 2.35. The SMILES string of the molecule is CC(C)N1CCC(CCN)C(C)(C)C1. The Morgan fingerprint density at radius 3 is 2.50 bits per heavy atom. The zero-order chi connectivity index (χ0) is 10.8. The van der Waals surface area contributed by atoms with Gasteiger partial charge in [-0.3, -0.25) is 0 Å². The highest BCUT2D eigenvalue weighted by Crippen LogP contribution is 2.37. The molecule has 0 aliphatic carbocycles. The van der Waals surface area contributed by atoms with Crippen molar-refractivity contribution in [1.82, 2.24) is 4.90 Å². The Balaban J connectivity index is 2.56. The van der Waals surface area contributed by atoms with Gasteiger partial charge in [0, 0.05) is 12.6 Å². The van der Waals surface area contributed by atoms with E-state index in [1.54, 1.807) is 0 Å². The first-order chi connectivity index (χ1) is 6.47. The molecule has 0 radical (unpaired) electrons. The number of hydrogen-bond donors (Lipinski definition) is 1. The molecule has 1 atom stereocenters. The van der Waals surface area contributed by atoms with E-state index in [-0.39, 0.29) is 0 Å². The zero-order valence-electron chi connectivity index (χ0n) is 10.2. The molecule has 2 nitrogen and oxygen atoms in total. The molecular formula is C12H26N2. The molecule has 0 bridgehead atoms. The molecular weight excluding hydrogens is 172 g/mol. The van der Waals surface area contributed by atoms with Crippen LogP contribution in [0, 0.1) is 11.3 Å². The normalized spacial score (nSPS) is 28.3. The van der Waals surface area contributed by atoms with E-state index in [0.717, 1.165) is 12.5 Å². The molecule has 1 fully saturated rings. The first kappa shape index (κ1) is 12.0. The first-order valence-electron chi connectivity index (χ1n) is 5.91. The van der Waals surface area contributed by atoms with Crippen molar-refractivity contribution in [2.24, 2.45) is 17.1 Å². The molecule has 2 N–H and O–H groups in total. The topological polar surface area (TPSA) is 29.3 Å². The van der Waals surface area contributed by atoms with Crippen molar-refractivity contribution >= 4 is 0 Å². The molecule has 0 spiro atoms. The summed E-state index contributed by atoms with van der Waals surface area (Å²) >= 11 is 0. The van der Waals surface area contributed by atoms with E-state index in [1.807, 2.05) is 0 Å². The fourth-order valence-electron chi connectivity index (χ4n) is 2.62. The number of rotatable bonds is 3. The summed E-state index contributed by atoms with van der Waals surface area (Å²) in [4.78, 5) is 2.59. The standard InChI is InChI=1S/C12H26N2/c1-10(2)14-8-6-11(5-7-13)12(3,4)9-14/h10-11H,5-9,13H2,1-4H3. The molecule has 0 saturated carbocycles. The predicted molar refractivity (Wildman–Crippen MR) is 62.3 cm³/mol. The van der Waals surface area contributed by atoms with Crippen LogP contribution in [0.25, 0.3) is 0 Å². The monoisotopic (exact) mass is 198 g/mol. The summed E-state index contributed by atoms with van der Waals surface area (Å²) in [5.41, 5.74) is 6.11. The maximum Gasteiger partial charge on any atom is 0.00388 e. The molecule has 84 valence electrons. The Hall–Kier alpha value is -0.0800. The summed E-state index contributed by atoms with van der Waals surface area (Å²) in [6, 6.07) is 0.688.